The number of ether oxygens (including phenoxy) is 1. The van der Waals surface area contributed by atoms with Crippen LogP contribution in [0.25, 0.3) is 10.3 Å². The second kappa shape index (κ2) is 8.16. The molecule has 3 aromatic rings. The summed E-state index contributed by atoms with van der Waals surface area (Å²) < 4.78 is 5.13. The number of aromatic nitrogens is 3. The quantitative estimate of drug-likeness (QED) is 0.616. The third-order valence-corrected chi connectivity index (χ3v) is 6.28. The monoisotopic (exact) mass is 441 g/mol. The molecule has 2 aromatic heterocycles. The third kappa shape index (κ3) is 4.19. The standard InChI is InChI=1S/C20H23N7O3S/c1-29-14-6-4-13(5-7-14)23-20(28)30-26-8-9-27(15(10-26)12-2-3-12)17-16-18(31-11-22-16)25-19(21)24-17/h4-7,11-12,15H,2-3,8-10H2,1H3,(H,23,28)(H2,21,24,25)/t15-/m1/s1. The molecule has 2 fully saturated rings. The highest BCUT2D eigenvalue weighted by atomic mass is 32.1. The lowest BCUT2D eigenvalue weighted by molar-refractivity contribution is -0.106. The van der Waals surface area contributed by atoms with Crippen molar-refractivity contribution in [2.75, 3.05) is 42.7 Å². The van der Waals surface area contributed by atoms with E-state index in [-0.39, 0.29) is 12.0 Å². The Morgan fingerprint density at radius 2 is 2.03 bits per heavy atom. The SMILES string of the molecule is COc1ccc(NC(=O)ON2CCN(c3nc(N)nc4scnc34)[C@@H](C3CC3)C2)cc1. The lowest BCUT2D eigenvalue weighted by Crippen LogP contribution is -2.55. The van der Waals surface area contributed by atoms with Crippen LogP contribution in [0.15, 0.2) is 29.8 Å². The van der Waals surface area contributed by atoms with Crippen LogP contribution in [0.2, 0.25) is 0 Å². The molecule has 1 saturated heterocycles. The molecule has 1 amide bonds. The summed E-state index contributed by atoms with van der Waals surface area (Å²) in [6, 6.07) is 7.27. The highest BCUT2D eigenvalue weighted by molar-refractivity contribution is 7.16. The Kier molecular flexibility index (Phi) is 5.20. The van der Waals surface area contributed by atoms with Gasteiger partial charge in [0.05, 0.1) is 25.7 Å². The number of hydroxylamine groups is 2. The second-order valence-corrected chi connectivity index (χ2v) is 8.46. The first kappa shape index (κ1) is 19.8. The number of nitrogens with zero attached hydrogens (tertiary/aromatic N) is 5. The summed E-state index contributed by atoms with van der Waals surface area (Å²) in [6.45, 7) is 1.80. The molecule has 1 aliphatic heterocycles. The number of benzene rings is 1. The molecule has 31 heavy (non-hydrogen) atoms. The van der Waals surface area contributed by atoms with Crippen LogP contribution in [0.3, 0.4) is 0 Å². The van der Waals surface area contributed by atoms with E-state index in [2.05, 4.69) is 25.2 Å². The van der Waals surface area contributed by atoms with Crippen LogP contribution in [0.1, 0.15) is 12.8 Å². The minimum Gasteiger partial charge on any atom is -0.497 e. The molecule has 162 valence electrons. The number of methoxy groups -OCH3 is 1. The third-order valence-electron chi connectivity index (χ3n) is 5.57. The first-order valence-electron chi connectivity index (χ1n) is 10.1. The van der Waals surface area contributed by atoms with Gasteiger partial charge in [0.15, 0.2) is 10.6 Å². The minimum absolute atomic E-state index is 0.168. The van der Waals surface area contributed by atoms with Crippen LogP contribution < -0.4 is 20.7 Å². The summed E-state index contributed by atoms with van der Waals surface area (Å²) >= 11 is 1.45. The van der Waals surface area contributed by atoms with Gasteiger partial charge in [0.2, 0.25) is 5.95 Å². The van der Waals surface area contributed by atoms with E-state index in [1.807, 2.05) is 0 Å². The highest BCUT2D eigenvalue weighted by Crippen LogP contribution is 2.40. The fourth-order valence-corrected chi connectivity index (χ4v) is 4.57. The number of nitrogens with two attached hydrogens (primary N) is 1. The number of nitrogens with one attached hydrogen (secondary N) is 1. The first-order chi connectivity index (χ1) is 15.1. The summed E-state index contributed by atoms with van der Waals surface area (Å²) in [5.41, 5.74) is 9.13. The van der Waals surface area contributed by atoms with Gasteiger partial charge in [-0.3, -0.25) is 5.32 Å². The maximum atomic E-state index is 12.4. The molecule has 1 saturated carbocycles. The maximum Gasteiger partial charge on any atom is 0.430 e. The van der Waals surface area contributed by atoms with Crippen LogP contribution in [0.5, 0.6) is 5.75 Å². The number of nitrogen functional groups attached to an aromatic ring is 1. The molecule has 0 radical (unpaired) electrons. The number of carbonyl (C=O) groups excluding carboxylic acids is 1. The van der Waals surface area contributed by atoms with E-state index >= 15 is 0 Å². The van der Waals surface area contributed by atoms with E-state index in [1.165, 1.54) is 11.3 Å². The van der Waals surface area contributed by atoms with E-state index in [4.69, 9.17) is 15.3 Å². The number of hydrogen-bond donors (Lipinski definition) is 2. The average molecular weight is 442 g/mol. The van der Waals surface area contributed by atoms with Gasteiger partial charge >= 0.3 is 6.09 Å². The molecule has 0 spiro atoms. The molecule has 10 nitrogen and oxygen atoms in total. The number of rotatable bonds is 5. The number of thiazole rings is 1. The van der Waals surface area contributed by atoms with Crippen molar-refractivity contribution >= 4 is 45.2 Å². The predicted molar refractivity (Wildman–Crippen MR) is 118 cm³/mol. The second-order valence-electron chi connectivity index (χ2n) is 7.63. The molecule has 1 aromatic carbocycles. The van der Waals surface area contributed by atoms with Crippen molar-refractivity contribution in [3.63, 3.8) is 0 Å². The fraction of sp³-hybridized carbons (Fsp3) is 0.400. The van der Waals surface area contributed by atoms with Crippen molar-refractivity contribution in [3.8, 4) is 5.75 Å². The Labute approximate surface area is 182 Å². The molecule has 0 unspecified atom stereocenters. The van der Waals surface area contributed by atoms with E-state index < -0.39 is 6.09 Å². The van der Waals surface area contributed by atoms with Crippen molar-refractivity contribution in [2.45, 2.75) is 18.9 Å². The Morgan fingerprint density at radius 3 is 2.77 bits per heavy atom. The van der Waals surface area contributed by atoms with E-state index in [1.54, 1.807) is 41.9 Å². The van der Waals surface area contributed by atoms with Gasteiger partial charge in [-0.1, -0.05) is 0 Å². The Bertz CT molecular complexity index is 1090. The summed E-state index contributed by atoms with van der Waals surface area (Å²) in [5.74, 6) is 2.27. The molecular weight excluding hydrogens is 418 g/mol. The van der Waals surface area contributed by atoms with Crippen molar-refractivity contribution in [3.05, 3.63) is 29.8 Å². The highest BCUT2D eigenvalue weighted by Gasteiger charge is 2.41. The topological polar surface area (TPSA) is 119 Å². The zero-order valence-electron chi connectivity index (χ0n) is 17.0. The number of hydrogen-bond acceptors (Lipinski definition) is 10. The fourth-order valence-electron chi connectivity index (χ4n) is 3.91. The Morgan fingerprint density at radius 1 is 1.23 bits per heavy atom. The number of amides is 1. The van der Waals surface area contributed by atoms with Gasteiger partial charge in [0.1, 0.15) is 11.3 Å². The van der Waals surface area contributed by atoms with Crippen LogP contribution in [-0.4, -0.2) is 58.9 Å². The van der Waals surface area contributed by atoms with E-state index in [0.717, 1.165) is 34.8 Å². The summed E-state index contributed by atoms with van der Waals surface area (Å²) in [4.78, 5) is 34.3. The lowest BCUT2D eigenvalue weighted by Gasteiger charge is -2.41. The molecule has 3 heterocycles. The summed E-state index contributed by atoms with van der Waals surface area (Å²) in [5, 5.41) is 4.48. The number of piperazine rings is 1. The zero-order valence-corrected chi connectivity index (χ0v) is 17.8. The molecule has 1 aliphatic carbocycles. The average Bonchev–Trinajstić information content (AvgIpc) is 3.51. The van der Waals surface area contributed by atoms with E-state index in [0.29, 0.717) is 31.2 Å². The van der Waals surface area contributed by atoms with Gasteiger partial charge in [0, 0.05) is 18.3 Å². The van der Waals surface area contributed by atoms with Gasteiger partial charge in [0.25, 0.3) is 0 Å². The smallest absolute Gasteiger partial charge is 0.430 e. The predicted octanol–water partition coefficient (Wildman–Crippen LogP) is 2.74. The van der Waals surface area contributed by atoms with Crippen molar-refractivity contribution in [1.29, 1.82) is 0 Å². The van der Waals surface area contributed by atoms with Crippen LogP contribution in [-0.2, 0) is 4.84 Å². The van der Waals surface area contributed by atoms with Crippen molar-refractivity contribution < 1.29 is 14.4 Å². The van der Waals surface area contributed by atoms with Gasteiger partial charge < -0.3 is 20.2 Å². The Balaban J connectivity index is 1.28. The number of anilines is 3. The van der Waals surface area contributed by atoms with Crippen LogP contribution in [0, 0.1) is 5.92 Å². The van der Waals surface area contributed by atoms with Gasteiger partial charge in [-0.25, -0.2) is 14.8 Å². The molecule has 5 rings (SSSR count). The Hall–Kier alpha value is -3.18. The minimum atomic E-state index is -0.513. The van der Waals surface area contributed by atoms with Gasteiger partial charge in [-0.05, 0) is 43.0 Å². The number of carbonyl (C=O) groups is 1. The summed E-state index contributed by atoms with van der Waals surface area (Å²) in [6.07, 6.45) is 1.78. The first-order valence-corrected chi connectivity index (χ1v) is 11.0. The van der Waals surface area contributed by atoms with Gasteiger partial charge in [-0.2, -0.15) is 4.98 Å². The zero-order chi connectivity index (χ0) is 21.4. The van der Waals surface area contributed by atoms with Crippen molar-refractivity contribution in [2.24, 2.45) is 5.92 Å². The number of fused-ring (bicyclic) bond motifs is 1. The molecular formula is C20H23N7O3S. The van der Waals surface area contributed by atoms with Crippen LogP contribution >= 0.6 is 11.3 Å². The van der Waals surface area contributed by atoms with E-state index in [9.17, 15) is 4.79 Å². The van der Waals surface area contributed by atoms with Gasteiger partial charge in [-0.15, -0.1) is 16.4 Å². The molecule has 0 bridgehead atoms. The normalized spacial score (nSPS) is 19.4. The maximum absolute atomic E-state index is 12.4. The lowest BCUT2D eigenvalue weighted by atomic mass is 10.1. The summed E-state index contributed by atoms with van der Waals surface area (Å²) in [7, 11) is 1.60. The molecule has 11 heteroatoms. The van der Waals surface area contributed by atoms with Crippen molar-refractivity contribution in [1.82, 2.24) is 20.0 Å². The largest absolute Gasteiger partial charge is 0.497 e. The molecule has 1 atom stereocenters. The molecule has 2 aliphatic rings. The van der Waals surface area contributed by atoms with Crippen LogP contribution in [0.4, 0.5) is 22.2 Å². The molecule has 3 N–H and O–H groups in total.